The number of aromatic nitrogens is 2. The van der Waals surface area contributed by atoms with Gasteiger partial charge in [-0.05, 0) is 19.8 Å². The molecule has 0 amide bonds. The smallest absolute Gasteiger partial charge is 0.214 e. The highest BCUT2D eigenvalue weighted by molar-refractivity contribution is 7.90. The Labute approximate surface area is 108 Å². The molecule has 1 aromatic rings. The van der Waals surface area contributed by atoms with E-state index in [0.717, 1.165) is 31.6 Å². The van der Waals surface area contributed by atoms with Crippen molar-refractivity contribution in [2.24, 2.45) is 0 Å². The lowest BCUT2D eigenvalue weighted by molar-refractivity contribution is 0.523. The van der Waals surface area contributed by atoms with Gasteiger partial charge in [0.2, 0.25) is 10.0 Å². The Morgan fingerprint density at radius 3 is 2.94 bits per heavy atom. The van der Waals surface area contributed by atoms with Gasteiger partial charge in [0.05, 0.1) is 5.25 Å². The monoisotopic (exact) mass is 272 g/mol. The molecule has 0 bridgehead atoms. The minimum Gasteiger partial charge on any atom is -0.349 e. The lowest BCUT2D eigenvalue weighted by Gasteiger charge is -2.14. The topological polar surface area (TPSA) is 86.9 Å². The van der Waals surface area contributed by atoms with Crippen LogP contribution in [0.1, 0.15) is 25.6 Å². The number of hydrogen-bond donors (Lipinski definition) is 3. The molecule has 0 radical (unpaired) electrons. The quantitative estimate of drug-likeness (QED) is 0.622. The highest BCUT2D eigenvalue weighted by Crippen LogP contribution is 2.27. The van der Waals surface area contributed by atoms with Gasteiger partial charge in [-0.15, -0.1) is 0 Å². The number of aromatic amines is 1. The Kier molecular flexibility index (Phi) is 4.36. The zero-order valence-corrected chi connectivity index (χ0v) is 11.3. The van der Waals surface area contributed by atoms with E-state index in [4.69, 9.17) is 0 Å². The van der Waals surface area contributed by atoms with Crippen LogP contribution in [0.25, 0.3) is 0 Å². The Morgan fingerprint density at radius 2 is 2.33 bits per heavy atom. The minimum atomic E-state index is -3.06. The normalized spacial score (nSPS) is 17.8. The molecule has 18 heavy (non-hydrogen) atoms. The van der Waals surface area contributed by atoms with Crippen LogP contribution in [0.5, 0.6) is 0 Å². The van der Waals surface area contributed by atoms with E-state index in [2.05, 4.69) is 20.0 Å². The van der Waals surface area contributed by atoms with Crippen LogP contribution in [-0.4, -0.2) is 42.8 Å². The van der Waals surface area contributed by atoms with Crippen molar-refractivity contribution in [1.82, 2.24) is 20.0 Å². The van der Waals surface area contributed by atoms with Crippen LogP contribution in [0.4, 0.5) is 0 Å². The summed E-state index contributed by atoms with van der Waals surface area (Å²) in [6.07, 6.45) is 5.93. The van der Waals surface area contributed by atoms with Crippen LogP contribution in [0.3, 0.4) is 0 Å². The first-order chi connectivity index (χ1) is 8.58. The lowest BCUT2D eigenvalue weighted by atomic mass is 10.3. The van der Waals surface area contributed by atoms with Gasteiger partial charge in [-0.3, -0.25) is 0 Å². The number of hydrogen-bond acceptors (Lipinski definition) is 4. The fourth-order valence-electron chi connectivity index (χ4n) is 1.68. The van der Waals surface area contributed by atoms with Crippen LogP contribution in [0, 0.1) is 0 Å². The first-order valence-corrected chi connectivity index (χ1v) is 7.82. The molecular formula is C11H20N4O2S. The average molecular weight is 272 g/mol. The molecule has 7 heteroatoms. The summed E-state index contributed by atoms with van der Waals surface area (Å²) in [5.74, 6) is 0.938. The second-order valence-corrected chi connectivity index (χ2v) is 6.78. The van der Waals surface area contributed by atoms with E-state index < -0.39 is 10.0 Å². The summed E-state index contributed by atoms with van der Waals surface area (Å²) in [4.78, 5) is 7.15. The van der Waals surface area contributed by atoms with Crippen molar-refractivity contribution in [1.29, 1.82) is 0 Å². The van der Waals surface area contributed by atoms with E-state index in [1.54, 1.807) is 12.4 Å². The zero-order chi connectivity index (χ0) is 13.0. The fraction of sp³-hybridized carbons (Fsp3) is 0.727. The number of sulfonamides is 1. The number of rotatable bonds is 8. The Hall–Kier alpha value is -0.920. The summed E-state index contributed by atoms with van der Waals surface area (Å²) >= 11 is 0. The van der Waals surface area contributed by atoms with Crippen LogP contribution in [0.2, 0.25) is 0 Å². The molecule has 1 aromatic heterocycles. The van der Waals surface area contributed by atoms with Gasteiger partial charge in [0, 0.05) is 37.9 Å². The van der Waals surface area contributed by atoms with Crippen LogP contribution >= 0.6 is 0 Å². The van der Waals surface area contributed by atoms with Crippen molar-refractivity contribution in [3.05, 3.63) is 18.2 Å². The first kappa shape index (κ1) is 13.5. The first-order valence-electron chi connectivity index (χ1n) is 6.28. The molecule has 1 aliphatic rings. The van der Waals surface area contributed by atoms with Crippen LogP contribution in [-0.2, 0) is 16.4 Å². The van der Waals surface area contributed by atoms with E-state index in [1.165, 1.54) is 0 Å². The molecule has 1 heterocycles. The van der Waals surface area contributed by atoms with Gasteiger partial charge >= 0.3 is 0 Å². The van der Waals surface area contributed by atoms with E-state index in [1.807, 2.05) is 6.92 Å². The third-order valence-electron chi connectivity index (χ3n) is 2.96. The van der Waals surface area contributed by atoms with Crippen LogP contribution in [0.15, 0.2) is 12.4 Å². The van der Waals surface area contributed by atoms with Crippen molar-refractivity contribution in [2.75, 3.05) is 13.1 Å². The van der Waals surface area contributed by atoms with Crippen molar-refractivity contribution in [2.45, 2.75) is 37.5 Å². The van der Waals surface area contributed by atoms with E-state index in [-0.39, 0.29) is 11.3 Å². The summed E-state index contributed by atoms with van der Waals surface area (Å²) in [6.45, 7) is 3.19. The average Bonchev–Trinajstić information content (AvgIpc) is 3.07. The Balaban J connectivity index is 1.61. The third-order valence-corrected chi connectivity index (χ3v) is 4.88. The molecule has 6 nitrogen and oxygen atoms in total. The van der Waals surface area contributed by atoms with Crippen molar-refractivity contribution in [3.63, 3.8) is 0 Å². The summed E-state index contributed by atoms with van der Waals surface area (Å²) in [5, 5.41) is 3.12. The molecule has 0 saturated heterocycles. The molecule has 1 saturated carbocycles. The zero-order valence-electron chi connectivity index (χ0n) is 10.5. The number of imidazole rings is 1. The van der Waals surface area contributed by atoms with Crippen molar-refractivity contribution in [3.8, 4) is 0 Å². The number of nitrogens with one attached hydrogen (secondary N) is 3. The second-order valence-electron chi connectivity index (χ2n) is 4.73. The number of nitrogens with zero attached hydrogens (tertiary/aromatic N) is 1. The lowest BCUT2D eigenvalue weighted by Crippen LogP contribution is -2.40. The minimum absolute atomic E-state index is 0.119. The molecule has 102 valence electrons. The molecule has 3 N–H and O–H groups in total. The highest BCUT2D eigenvalue weighted by atomic mass is 32.2. The van der Waals surface area contributed by atoms with Gasteiger partial charge in [-0.1, -0.05) is 0 Å². The molecule has 0 aliphatic heterocycles. The van der Waals surface area contributed by atoms with Gasteiger partial charge in [-0.25, -0.2) is 18.1 Å². The molecule has 1 atom stereocenters. The van der Waals surface area contributed by atoms with Gasteiger partial charge in [0.25, 0.3) is 0 Å². The summed E-state index contributed by atoms with van der Waals surface area (Å²) in [5.41, 5.74) is 0. The molecule has 1 fully saturated rings. The summed E-state index contributed by atoms with van der Waals surface area (Å²) in [7, 11) is -3.06. The molecule has 1 aliphatic carbocycles. The molecule has 0 aromatic carbocycles. The maximum Gasteiger partial charge on any atom is 0.214 e. The second kappa shape index (κ2) is 5.81. The van der Waals surface area contributed by atoms with Gasteiger partial charge in [0.15, 0.2) is 0 Å². The maximum atomic E-state index is 11.6. The van der Waals surface area contributed by atoms with E-state index >= 15 is 0 Å². The van der Waals surface area contributed by atoms with Crippen molar-refractivity contribution >= 4 is 10.0 Å². The summed E-state index contributed by atoms with van der Waals surface area (Å²) in [6, 6.07) is 0.119. The van der Waals surface area contributed by atoms with Gasteiger partial charge in [0.1, 0.15) is 5.82 Å². The molecule has 0 spiro atoms. The Morgan fingerprint density at radius 1 is 1.56 bits per heavy atom. The Bertz CT molecular complexity index is 453. The van der Waals surface area contributed by atoms with Crippen molar-refractivity contribution < 1.29 is 8.42 Å². The van der Waals surface area contributed by atoms with E-state index in [0.29, 0.717) is 6.54 Å². The largest absolute Gasteiger partial charge is 0.349 e. The third kappa shape index (κ3) is 4.08. The van der Waals surface area contributed by atoms with Gasteiger partial charge < -0.3 is 10.3 Å². The number of H-pyrrole nitrogens is 1. The molecule has 0 unspecified atom stereocenters. The van der Waals surface area contributed by atoms with Gasteiger partial charge in [-0.2, -0.15) is 0 Å². The van der Waals surface area contributed by atoms with E-state index in [9.17, 15) is 8.42 Å². The summed E-state index contributed by atoms with van der Waals surface area (Å²) < 4.78 is 25.9. The standard InChI is InChI=1S/C11H20N4O2S/c1-9(8-15-18(16,17)10-2-3-10)12-5-4-11-13-6-7-14-11/h6-7,9-10,12,15H,2-5,8H2,1H3,(H,13,14)/t9-/m0/s1. The molecular weight excluding hydrogens is 252 g/mol. The highest BCUT2D eigenvalue weighted by Gasteiger charge is 2.35. The molecule has 2 rings (SSSR count). The predicted octanol–water partition coefficient (Wildman–Crippen LogP) is 0.0121. The SMILES string of the molecule is C[C@@H](CNS(=O)(=O)C1CC1)NCCc1ncc[nH]1. The van der Waals surface area contributed by atoms with Crippen LogP contribution < -0.4 is 10.0 Å². The fourth-order valence-corrected chi connectivity index (χ4v) is 3.16. The predicted molar refractivity (Wildman–Crippen MR) is 69.7 cm³/mol. The maximum absolute atomic E-state index is 11.6.